The first-order valence-corrected chi connectivity index (χ1v) is 22.1. The van der Waals surface area contributed by atoms with E-state index >= 15 is 0 Å². The number of amides is 2. The molecule has 0 bridgehead atoms. The summed E-state index contributed by atoms with van der Waals surface area (Å²) in [5, 5.41) is 55.6. The molecule has 0 radical (unpaired) electrons. The molecule has 0 unspecified atom stereocenters. The molecule has 16 nitrogen and oxygen atoms in total. The Kier molecular flexibility index (Phi) is 12.3. The number of aromatic hydroxyl groups is 1. The van der Waals surface area contributed by atoms with E-state index in [1.54, 1.807) is 30.3 Å². The van der Waals surface area contributed by atoms with Crippen molar-refractivity contribution in [1.82, 2.24) is 10.6 Å². The summed E-state index contributed by atoms with van der Waals surface area (Å²) in [7, 11) is 3.71. The molecule has 0 atom stereocenters. The molecule has 0 saturated carbocycles. The number of halogens is 2. The summed E-state index contributed by atoms with van der Waals surface area (Å²) < 4.78 is 12.4. The van der Waals surface area contributed by atoms with Gasteiger partial charge in [-0.15, -0.1) is 0 Å². The van der Waals surface area contributed by atoms with Gasteiger partial charge in [-0.05, 0) is 90.0 Å². The van der Waals surface area contributed by atoms with E-state index < -0.39 is 40.7 Å². The number of hydrogen-bond acceptors (Lipinski definition) is 11. The minimum absolute atomic E-state index is 0.0229. The summed E-state index contributed by atoms with van der Waals surface area (Å²) in [5.74, 6) is -5.45. The molecule has 0 aromatic heterocycles. The third-order valence-electron chi connectivity index (χ3n) is 11.9. The number of carboxylic acids is 3. The van der Waals surface area contributed by atoms with Crippen molar-refractivity contribution in [2.45, 2.75) is 13.1 Å². The van der Waals surface area contributed by atoms with Crippen LogP contribution in [0.15, 0.2) is 129 Å². The summed E-state index contributed by atoms with van der Waals surface area (Å²) in [5.41, 5.74) is 2.03. The number of aromatic carboxylic acids is 3. The number of carbonyl (C=O) groups excluding carboxylic acids is 2. The molecule has 2 heterocycles. The van der Waals surface area contributed by atoms with Crippen molar-refractivity contribution in [2.24, 2.45) is 0 Å². The van der Waals surface area contributed by atoms with Crippen molar-refractivity contribution >= 4 is 80.6 Å². The van der Waals surface area contributed by atoms with Crippen LogP contribution < -0.4 is 26.3 Å². The van der Waals surface area contributed by atoms with E-state index in [1.807, 2.05) is 25.1 Å². The Morgan fingerprint density at radius 3 is 1.99 bits per heavy atom. The molecule has 354 valence electrons. The van der Waals surface area contributed by atoms with Crippen molar-refractivity contribution < 1.29 is 53.2 Å². The van der Waals surface area contributed by atoms with Gasteiger partial charge in [0.1, 0.15) is 28.4 Å². The molecule has 5 aromatic rings. The fraction of sp³-hybridized carbons (Fsp3) is 0.0755. The van der Waals surface area contributed by atoms with Crippen LogP contribution in [0.5, 0.6) is 5.75 Å². The van der Waals surface area contributed by atoms with Crippen LogP contribution >= 0.6 is 23.2 Å². The standard InChI is InChI=1S/C53H36Cl2N4O12/c1-59(2)28-9-13-33-41(19-28)70-40-18-27(56)8-12-32(40)44(33)45-38(54)21-36(47(55)46(45)53(68)69)50(63)57-22-24-3-5-25(6-4-24)49(62)58-23-37-39(61)16-15-34-43(31-14-10-29(60)20-42(31)71-48(34)37)30-11-7-26(51(64)65)17-35(30)52(66)67/h3-21,56,61H,22-23H2,1-2H3,(H,57,63)(H,58,62)(H,64,65)(H,66,67)(H,68,69). The van der Waals surface area contributed by atoms with Crippen molar-refractivity contribution in [2.75, 3.05) is 19.0 Å². The predicted molar refractivity (Wildman–Crippen MR) is 264 cm³/mol. The van der Waals surface area contributed by atoms with Gasteiger partial charge in [-0.2, -0.15) is 0 Å². The van der Waals surface area contributed by atoms with E-state index in [2.05, 4.69) is 10.6 Å². The Bertz CT molecular complexity index is 3810. The average Bonchev–Trinajstić information content (AvgIpc) is 3.33. The predicted octanol–water partition coefficient (Wildman–Crippen LogP) is 9.60. The van der Waals surface area contributed by atoms with Crippen LogP contribution in [0.3, 0.4) is 0 Å². The molecule has 2 amide bonds. The first-order chi connectivity index (χ1) is 33.9. The number of rotatable bonds is 12. The van der Waals surface area contributed by atoms with Gasteiger partial charge in [-0.1, -0.05) is 41.4 Å². The second kappa shape index (κ2) is 18.5. The number of hydrogen-bond donors (Lipinski definition) is 7. The zero-order valence-corrected chi connectivity index (χ0v) is 38.7. The zero-order valence-electron chi connectivity index (χ0n) is 37.1. The lowest BCUT2D eigenvalue weighted by molar-refractivity contribution is 0.0682. The third-order valence-corrected chi connectivity index (χ3v) is 12.6. The van der Waals surface area contributed by atoms with E-state index in [0.717, 1.165) is 11.8 Å². The van der Waals surface area contributed by atoms with Crippen molar-refractivity contribution in [1.29, 1.82) is 5.41 Å². The smallest absolute Gasteiger partial charge is 0.337 e. The van der Waals surface area contributed by atoms with Crippen LogP contribution in [0.4, 0.5) is 5.69 Å². The van der Waals surface area contributed by atoms with Gasteiger partial charge in [0.2, 0.25) is 0 Å². The molecule has 0 spiro atoms. The van der Waals surface area contributed by atoms with E-state index in [-0.39, 0.29) is 90.1 Å². The topological polar surface area (TPSA) is 261 Å². The van der Waals surface area contributed by atoms with Crippen LogP contribution in [0.25, 0.3) is 66.8 Å². The molecular weight excluding hydrogens is 956 g/mol. The van der Waals surface area contributed by atoms with Gasteiger partial charge in [0.25, 0.3) is 11.8 Å². The lowest BCUT2D eigenvalue weighted by Gasteiger charge is -2.21. The molecule has 2 aliphatic heterocycles. The van der Waals surface area contributed by atoms with Crippen LogP contribution in [-0.2, 0) is 13.1 Å². The van der Waals surface area contributed by atoms with Gasteiger partial charge in [0, 0.05) is 88.7 Å². The summed E-state index contributed by atoms with van der Waals surface area (Å²) >= 11 is 13.7. The quantitative estimate of drug-likeness (QED) is 0.0563. The number of benzene rings is 7. The molecule has 0 saturated heterocycles. The normalized spacial score (nSPS) is 11.3. The van der Waals surface area contributed by atoms with Crippen molar-refractivity contribution in [3.8, 4) is 50.7 Å². The Hall–Kier alpha value is -8.99. The van der Waals surface area contributed by atoms with Crippen molar-refractivity contribution in [3.63, 3.8) is 0 Å². The molecule has 9 rings (SSSR count). The summed E-state index contributed by atoms with van der Waals surface area (Å²) in [6, 6.07) is 27.8. The van der Waals surface area contributed by atoms with E-state index in [0.29, 0.717) is 44.4 Å². The lowest BCUT2D eigenvalue weighted by Crippen LogP contribution is -2.24. The first-order valence-electron chi connectivity index (χ1n) is 21.4. The largest absolute Gasteiger partial charge is 0.507 e. The molecule has 18 heteroatoms. The van der Waals surface area contributed by atoms with Gasteiger partial charge in [-0.3, -0.25) is 14.4 Å². The monoisotopic (exact) mass is 990 g/mol. The number of nitrogens with zero attached hydrogens (tertiary/aromatic N) is 1. The maximum Gasteiger partial charge on any atom is 0.337 e. The average molecular weight is 992 g/mol. The SMILES string of the molecule is CN(C)c1ccc2c(-c3c(Cl)cc(C(=O)NCc4ccc(C(=O)NCc5c(O)ccc6c(-c7ccc(C(=O)O)cc7C(=O)O)c7ccc(=O)cc-7oc56)cc4)c(Cl)c3C(=O)O)c3ccc(=N)cc-3oc2c1. The minimum Gasteiger partial charge on any atom is -0.507 e. The molecule has 2 aliphatic carbocycles. The van der Waals surface area contributed by atoms with Gasteiger partial charge < -0.3 is 50.2 Å². The number of phenolic OH excluding ortho intramolecular Hbond substituents is 1. The summed E-state index contributed by atoms with van der Waals surface area (Å²) in [6.45, 7) is -0.377. The van der Waals surface area contributed by atoms with E-state index in [1.165, 1.54) is 72.8 Å². The van der Waals surface area contributed by atoms with Gasteiger partial charge in [0.05, 0.1) is 49.8 Å². The maximum absolute atomic E-state index is 13.7. The molecule has 4 aliphatic rings. The third kappa shape index (κ3) is 8.73. The van der Waals surface area contributed by atoms with E-state index in [4.69, 9.17) is 37.4 Å². The van der Waals surface area contributed by atoms with Gasteiger partial charge >= 0.3 is 17.9 Å². The highest BCUT2D eigenvalue weighted by atomic mass is 35.5. The highest BCUT2D eigenvalue weighted by Crippen LogP contribution is 2.48. The number of nitrogens with one attached hydrogen (secondary N) is 3. The van der Waals surface area contributed by atoms with Crippen LogP contribution in [0.2, 0.25) is 10.0 Å². The first kappa shape index (κ1) is 47.1. The van der Waals surface area contributed by atoms with Crippen LogP contribution in [0.1, 0.15) is 62.9 Å². The number of carbonyl (C=O) groups is 5. The number of phenols is 1. The Balaban J connectivity index is 0.966. The van der Waals surface area contributed by atoms with E-state index in [9.17, 15) is 49.2 Å². The fourth-order valence-corrected chi connectivity index (χ4v) is 9.11. The Labute approximate surface area is 410 Å². The maximum atomic E-state index is 13.7. The molecular formula is C53H36Cl2N4O12. The second-order valence-corrected chi connectivity index (χ2v) is 17.3. The van der Waals surface area contributed by atoms with Gasteiger partial charge in [-0.25, -0.2) is 14.4 Å². The fourth-order valence-electron chi connectivity index (χ4n) is 8.50. The van der Waals surface area contributed by atoms with Gasteiger partial charge in [0.15, 0.2) is 5.43 Å². The molecule has 7 N–H and O–H groups in total. The molecule has 71 heavy (non-hydrogen) atoms. The molecule has 5 aromatic carbocycles. The Morgan fingerprint density at radius 1 is 0.620 bits per heavy atom. The summed E-state index contributed by atoms with van der Waals surface area (Å²) in [4.78, 5) is 78.8. The highest BCUT2D eigenvalue weighted by molar-refractivity contribution is 6.41. The zero-order chi connectivity index (χ0) is 50.6. The van der Waals surface area contributed by atoms with Crippen molar-refractivity contribution in [3.05, 3.63) is 180 Å². The number of fused-ring (bicyclic) bond motifs is 4. The highest BCUT2D eigenvalue weighted by Gasteiger charge is 2.30. The Morgan fingerprint density at radius 2 is 1.28 bits per heavy atom. The van der Waals surface area contributed by atoms with Crippen LogP contribution in [-0.4, -0.2) is 64.2 Å². The summed E-state index contributed by atoms with van der Waals surface area (Å²) in [6.07, 6.45) is 0. The molecule has 0 fully saturated rings. The number of anilines is 1. The lowest BCUT2D eigenvalue weighted by atomic mass is 9.89. The van der Waals surface area contributed by atoms with Crippen LogP contribution in [0, 0.1) is 5.41 Å². The minimum atomic E-state index is -1.44. The number of carboxylic acid groups (broad SMARTS) is 3. The second-order valence-electron chi connectivity index (χ2n) is 16.5.